The largest absolute Gasteiger partial charge is 0.497 e. The van der Waals surface area contributed by atoms with Crippen LogP contribution in [0, 0.1) is 6.92 Å². The Labute approximate surface area is 191 Å². The summed E-state index contributed by atoms with van der Waals surface area (Å²) in [4.78, 5) is 27.7. The summed E-state index contributed by atoms with van der Waals surface area (Å²) in [5, 5.41) is 17.4. The first kappa shape index (κ1) is 22.2. The molecule has 33 heavy (non-hydrogen) atoms. The van der Waals surface area contributed by atoms with Gasteiger partial charge in [-0.2, -0.15) is 0 Å². The van der Waals surface area contributed by atoms with Crippen LogP contribution < -0.4 is 25.0 Å². The highest BCUT2D eigenvalue weighted by molar-refractivity contribution is 6.12. The monoisotopic (exact) mass is 447 g/mol. The fourth-order valence-corrected chi connectivity index (χ4v) is 3.82. The van der Waals surface area contributed by atoms with Crippen LogP contribution in [0.1, 0.15) is 16.7 Å². The van der Waals surface area contributed by atoms with E-state index in [1.807, 2.05) is 31.2 Å². The number of hydrogen-bond acceptors (Lipinski definition) is 5. The number of amides is 3. The van der Waals surface area contributed by atoms with Crippen LogP contribution >= 0.6 is 0 Å². The average molecular weight is 447 g/mol. The first-order chi connectivity index (χ1) is 15.9. The van der Waals surface area contributed by atoms with Crippen LogP contribution in [-0.4, -0.2) is 31.3 Å². The Balaban J connectivity index is 1.79. The van der Waals surface area contributed by atoms with E-state index in [1.165, 1.54) is 14.2 Å². The summed E-state index contributed by atoms with van der Waals surface area (Å²) in [6.45, 7) is 2.15. The summed E-state index contributed by atoms with van der Waals surface area (Å²) >= 11 is 0. The van der Waals surface area contributed by atoms with Gasteiger partial charge in [0.25, 0.3) is 11.6 Å². The Bertz CT molecular complexity index is 1190. The first-order valence-electron chi connectivity index (χ1n) is 10.4. The minimum absolute atomic E-state index is 0.179. The quantitative estimate of drug-likeness (QED) is 0.537. The Morgan fingerprint density at radius 2 is 1.79 bits per heavy atom. The third kappa shape index (κ3) is 3.96. The summed E-state index contributed by atoms with van der Waals surface area (Å²) in [6.07, 6.45) is 0. The van der Waals surface area contributed by atoms with Gasteiger partial charge < -0.3 is 25.2 Å². The van der Waals surface area contributed by atoms with Crippen LogP contribution in [-0.2, 0) is 17.1 Å². The average Bonchev–Trinajstić information content (AvgIpc) is 2.83. The third-order valence-corrected chi connectivity index (χ3v) is 5.59. The number of rotatable bonds is 6. The second-order valence-electron chi connectivity index (χ2n) is 7.69. The predicted octanol–water partition coefficient (Wildman–Crippen LogP) is 3.53. The van der Waals surface area contributed by atoms with E-state index in [-0.39, 0.29) is 23.5 Å². The second-order valence-corrected chi connectivity index (χ2v) is 7.69. The van der Waals surface area contributed by atoms with Crippen LogP contribution in [0.3, 0.4) is 0 Å². The van der Waals surface area contributed by atoms with Gasteiger partial charge in [0.1, 0.15) is 11.5 Å². The second kappa shape index (κ2) is 8.84. The van der Waals surface area contributed by atoms with E-state index in [1.54, 1.807) is 42.5 Å². The van der Waals surface area contributed by atoms with Gasteiger partial charge in [-0.15, -0.1) is 0 Å². The lowest BCUT2D eigenvalue weighted by Gasteiger charge is -2.43. The molecule has 0 saturated heterocycles. The molecule has 0 aromatic heterocycles. The van der Waals surface area contributed by atoms with Crippen molar-refractivity contribution >= 4 is 23.3 Å². The summed E-state index contributed by atoms with van der Waals surface area (Å²) < 4.78 is 10.7. The highest BCUT2D eigenvalue weighted by atomic mass is 16.5. The van der Waals surface area contributed by atoms with Crippen LogP contribution in [0.4, 0.5) is 16.2 Å². The molecule has 8 heteroatoms. The molecule has 1 atom stereocenters. The molecule has 0 bridgehead atoms. The molecule has 3 aromatic rings. The van der Waals surface area contributed by atoms with Crippen molar-refractivity contribution in [3.8, 4) is 11.5 Å². The van der Waals surface area contributed by atoms with E-state index >= 15 is 0 Å². The first-order valence-corrected chi connectivity index (χ1v) is 10.4. The summed E-state index contributed by atoms with van der Waals surface area (Å²) in [5.41, 5.74) is 0.422. The highest BCUT2D eigenvalue weighted by Crippen LogP contribution is 2.43. The van der Waals surface area contributed by atoms with Gasteiger partial charge >= 0.3 is 6.03 Å². The number of methoxy groups -OCH3 is 2. The van der Waals surface area contributed by atoms with Crippen molar-refractivity contribution in [1.82, 2.24) is 5.32 Å². The number of hydrogen-bond donors (Lipinski definition) is 3. The van der Waals surface area contributed by atoms with E-state index in [2.05, 4.69) is 10.6 Å². The fourth-order valence-electron chi connectivity index (χ4n) is 3.82. The van der Waals surface area contributed by atoms with E-state index in [9.17, 15) is 14.7 Å². The summed E-state index contributed by atoms with van der Waals surface area (Å²) in [5.74, 6) is 0.0117. The molecule has 1 heterocycles. The lowest BCUT2D eigenvalue weighted by Crippen LogP contribution is -2.62. The molecular weight excluding hydrogens is 422 g/mol. The smallest absolute Gasteiger partial charge is 0.329 e. The van der Waals surface area contributed by atoms with Gasteiger partial charge in [0.2, 0.25) is 0 Å². The van der Waals surface area contributed by atoms with Crippen molar-refractivity contribution in [2.24, 2.45) is 0 Å². The molecule has 1 aliphatic heterocycles. The minimum Gasteiger partial charge on any atom is -0.497 e. The standard InChI is InChI=1S/C25H25N3O5/c1-16-8-10-17(11-9-16)15-26-23(29)25(31)19-6-4-5-7-20(19)27-24(30)28(25)21-13-12-18(32-2)14-22(21)33-3/h4-14,31H,15H2,1-3H3,(H,26,29)(H,27,30). The number of anilines is 2. The zero-order valence-corrected chi connectivity index (χ0v) is 18.6. The molecular formula is C25H25N3O5. The minimum atomic E-state index is -2.33. The molecule has 0 aliphatic carbocycles. The maximum Gasteiger partial charge on any atom is 0.329 e. The van der Waals surface area contributed by atoms with E-state index in [0.717, 1.165) is 16.0 Å². The number of nitrogens with one attached hydrogen (secondary N) is 2. The van der Waals surface area contributed by atoms with Gasteiger partial charge in [-0.05, 0) is 30.7 Å². The van der Waals surface area contributed by atoms with Gasteiger partial charge in [-0.25, -0.2) is 9.69 Å². The number of urea groups is 1. The molecule has 8 nitrogen and oxygen atoms in total. The van der Waals surface area contributed by atoms with Crippen LogP contribution in [0.15, 0.2) is 66.7 Å². The molecule has 4 rings (SSSR count). The Morgan fingerprint density at radius 3 is 2.48 bits per heavy atom. The van der Waals surface area contributed by atoms with Crippen molar-refractivity contribution in [3.63, 3.8) is 0 Å². The lowest BCUT2D eigenvalue weighted by atomic mass is 9.94. The molecule has 3 amide bonds. The van der Waals surface area contributed by atoms with E-state index < -0.39 is 17.7 Å². The number of carbonyl (C=O) groups excluding carboxylic acids is 2. The molecule has 3 N–H and O–H groups in total. The van der Waals surface area contributed by atoms with Gasteiger partial charge in [0.05, 0.1) is 25.6 Å². The Morgan fingerprint density at radius 1 is 1.06 bits per heavy atom. The van der Waals surface area contributed by atoms with Gasteiger partial charge in [0.15, 0.2) is 0 Å². The number of aliphatic hydroxyl groups is 1. The van der Waals surface area contributed by atoms with Gasteiger partial charge in [-0.1, -0.05) is 48.0 Å². The van der Waals surface area contributed by atoms with Crippen molar-refractivity contribution in [1.29, 1.82) is 0 Å². The Kier molecular flexibility index (Phi) is 5.93. The third-order valence-electron chi connectivity index (χ3n) is 5.59. The molecule has 0 spiro atoms. The van der Waals surface area contributed by atoms with Crippen LogP contribution in [0.2, 0.25) is 0 Å². The normalized spacial score (nSPS) is 17.1. The van der Waals surface area contributed by atoms with Crippen molar-refractivity contribution in [2.75, 3.05) is 24.4 Å². The molecule has 0 fully saturated rings. The molecule has 170 valence electrons. The van der Waals surface area contributed by atoms with Crippen LogP contribution in [0.5, 0.6) is 11.5 Å². The van der Waals surface area contributed by atoms with Gasteiger partial charge in [0, 0.05) is 18.2 Å². The number of aryl methyl sites for hydroxylation is 1. The Hall–Kier alpha value is -4.04. The van der Waals surface area contributed by atoms with Crippen molar-refractivity contribution < 1.29 is 24.2 Å². The van der Waals surface area contributed by atoms with E-state index in [0.29, 0.717) is 11.4 Å². The number of carbonyl (C=O) groups is 2. The number of fused-ring (bicyclic) bond motifs is 1. The van der Waals surface area contributed by atoms with Gasteiger partial charge in [-0.3, -0.25) is 4.79 Å². The van der Waals surface area contributed by atoms with Crippen molar-refractivity contribution in [2.45, 2.75) is 19.2 Å². The topological polar surface area (TPSA) is 100 Å². The zero-order chi connectivity index (χ0) is 23.6. The van der Waals surface area contributed by atoms with E-state index in [4.69, 9.17) is 9.47 Å². The number of benzene rings is 3. The molecule has 0 saturated carbocycles. The SMILES string of the molecule is COc1ccc(N2C(=O)Nc3ccccc3C2(O)C(=O)NCc2ccc(C)cc2)c(OC)c1. The molecule has 0 radical (unpaired) electrons. The van der Waals surface area contributed by atoms with Crippen molar-refractivity contribution in [3.05, 3.63) is 83.4 Å². The molecule has 1 unspecified atom stereocenters. The molecule has 1 aliphatic rings. The number of para-hydroxylation sites is 1. The predicted molar refractivity (Wildman–Crippen MR) is 124 cm³/mol. The highest BCUT2D eigenvalue weighted by Gasteiger charge is 2.52. The zero-order valence-electron chi connectivity index (χ0n) is 18.6. The molecule has 3 aromatic carbocycles. The van der Waals surface area contributed by atoms with Crippen LogP contribution in [0.25, 0.3) is 0 Å². The number of ether oxygens (including phenoxy) is 2. The number of nitrogens with zero attached hydrogens (tertiary/aromatic N) is 1. The maximum absolute atomic E-state index is 13.5. The summed E-state index contributed by atoms with van der Waals surface area (Å²) in [6, 6.07) is 18.4. The fraction of sp³-hybridized carbons (Fsp3) is 0.200. The maximum atomic E-state index is 13.5. The summed E-state index contributed by atoms with van der Waals surface area (Å²) in [7, 11) is 2.94. The lowest BCUT2D eigenvalue weighted by molar-refractivity contribution is -0.140.